The molecule has 0 amide bonds. The largest absolute Gasteiger partial charge is 0.339 e. The van der Waals surface area contributed by atoms with Crippen molar-refractivity contribution in [1.29, 1.82) is 0 Å². The quantitative estimate of drug-likeness (QED) is 0.787. The number of rotatable bonds is 4. The summed E-state index contributed by atoms with van der Waals surface area (Å²) < 4.78 is 5.27. The van der Waals surface area contributed by atoms with Gasteiger partial charge in [0.25, 0.3) is 0 Å². The zero-order chi connectivity index (χ0) is 15.8. The molecule has 0 bridgehead atoms. The van der Waals surface area contributed by atoms with Crippen LogP contribution in [0.2, 0.25) is 0 Å². The zero-order valence-electron chi connectivity index (χ0n) is 13.5. The van der Waals surface area contributed by atoms with E-state index in [2.05, 4.69) is 64.8 Å². The second-order valence-corrected chi connectivity index (χ2v) is 6.50. The van der Waals surface area contributed by atoms with Crippen molar-refractivity contribution >= 4 is 10.8 Å². The average molecular weight is 307 g/mol. The molecule has 3 aromatic rings. The third kappa shape index (κ3) is 2.75. The number of benzene rings is 2. The van der Waals surface area contributed by atoms with Gasteiger partial charge in [-0.3, -0.25) is 0 Å². The molecule has 1 fully saturated rings. The molecule has 0 radical (unpaired) electrons. The van der Waals surface area contributed by atoms with E-state index in [1.54, 1.807) is 0 Å². The van der Waals surface area contributed by atoms with Crippen LogP contribution in [0.25, 0.3) is 10.8 Å². The molecule has 4 nitrogen and oxygen atoms in total. The summed E-state index contributed by atoms with van der Waals surface area (Å²) in [6.07, 6.45) is 2.13. The van der Waals surface area contributed by atoms with Gasteiger partial charge in [-0.2, -0.15) is 4.98 Å². The molecule has 4 heteroatoms. The van der Waals surface area contributed by atoms with Crippen molar-refractivity contribution < 1.29 is 4.52 Å². The van der Waals surface area contributed by atoms with Gasteiger partial charge in [-0.05, 0) is 43.0 Å². The molecule has 1 atom stereocenters. The number of fused-ring (bicyclic) bond motifs is 1. The van der Waals surface area contributed by atoms with E-state index in [1.165, 1.54) is 16.3 Å². The molecule has 118 valence electrons. The maximum Gasteiger partial charge on any atom is 0.229 e. The Labute approximate surface area is 135 Å². The van der Waals surface area contributed by atoms with E-state index in [-0.39, 0.29) is 0 Å². The van der Waals surface area contributed by atoms with Crippen LogP contribution in [0.15, 0.2) is 47.0 Å². The molecule has 1 aliphatic rings. The molecule has 1 saturated carbocycles. The molecule has 1 heterocycles. The number of aryl methyl sites for hydroxylation is 1. The number of aromatic nitrogens is 2. The highest BCUT2D eigenvalue weighted by molar-refractivity contribution is 5.86. The Hall–Kier alpha value is -2.20. The number of hydrogen-bond acceptors (Lipinski definition) is 4. The molecule has 1 aromatic heterocycles. The lowest BCUT2D eigenvalue weighted by atomic mass is 9.79. The second kappa shape index (κ2) is 5.78. The van der Waals surface area contributed by atoms with Crippen LogP contribution in [0.1, 0.15) is 49.0 Å². The normalized spacial score (nSPS) is 22.0. The van der Waals surface area contributed by atoms with Crippen LogP contribution in [0.3, 0.4) is 0 Å². The van der Waals surface area contributed by atoms with Gasteiger partial charge in [0, 0.05) is 18.0 Å². The third-order valence-corrected chi connectivity index (χ3v) is 4.81. The van der Waals surface area contributed by atoms with Gasteiger partial charge < -0.3 is 9.84 Å². The van der Waals surface area contributed by atoms with Crippen molar-refractivity contribution in [2.24, 2.45) is 0 Å². The number of nitrogens with one attached hydrogen (secondary N) is 1. The fourth-order valence-electron chi connectivity index (χ4n) is 3.51. The van der Waals surface area contributed by atoms with Crippen LogP contribution in [0.5, 0.6) is 0 Å². The first-order valence-corrected chi connectivity index (χ1v) is 8.24. The van der Waals surface area contributed by atoms with E-state index in [0.29, 0.717) is 18.0 Å². The van der Waals surface area contributed by atoms with E-state index >= 15 is 0 Å². The Kier molecular flexibility index (Phi) is 3.62. The fourth-order valence-corrected chi connectivity index (χ4v) is 3.51. The van der Waals surface area contributed by atoms with Gasteiger partial charge in [0.15, 0.2) is 5.82 Å². The Bertz CT molecular complexity index is 815. The van der Waals surface area contributed by atoms with Gasteiger partial charge >= 0.3 is 0 Å². The highest BCUT2D eigenvalue weighted by Gasteiger charge is 2.34. The Morgan fingerprint density at radius 1 is 1.13 bits per heavy atom. The SMILES string of the molecule is Cc1noc(C2CC(N[C@H](C)c3cccc4ccccc34)C2)n1. The molecule has 0 spiro atoms. The summed E-state index contributed by atoms with van der Waals surface area (Å²) >= 11 is 0. The van der Waals surface area contributed by atoms with Crippen LogP contribution < -0.4 is 5.32 Å². The first kappa shape index (κ1) is 14.4. The zero-order valence-corrected chi connectivity index (χ0v) is 13.5. The fraction of sp³-hybridized carbons (Fsp3) is 0.368. The Morgan fingerprint density at radius 3 is 2.70 bits per heavy atom. The summed E-state index contributed by atoms with van der Waals surface area (Å²) in [5.74, 6) is 1.92. The minimum Gasteiger partial charge on any atom is -0.339 e. The summed E-state index contributed by atoms with van der Waals surface area (Å²) in [5.41, 5.74) is 1.36. The van der Waals surface area contributed by atoms with Crippen LogP contribution in [-0.2, 0) is 0 Å². The molecule has 0 saturated heterocycles. The van der Waals surface area contributed by atoms with E-state index in [4.69, 9.17) is 4.52 Å². The predicted octanol–water partition coefficient (Wildman–Crippen LogP) is 4.13. The average Bonchev–Trinajstić information content (AvgIpc) is 2.95. The van der Waals surface area contributed by atoms with Gasteiger partial charge in [0.1, 0.15) is 0 Å². The molecule has 0 unspecified atom stereocenters. The minimum absolute atomic E-state index is 0.330. The maximum absolute atomic E-state index is 5.27. The topological polar surface area (TPSA) is 51.0 Å². The van der Waals surface area contributed by atoms with Gasteiger partial charge in [-0.1, -0.05) is 47.6 Å². The lowest BCUT2D eigenvalue weighted by molar-refractivity contribution is 0.223. The van der Waals surface area contributed by atoms with E-state index in [9.17, 15) is 0 Å². The number of nitrogens with zero attached hydrogens (tertiary/aromatic N) is 2. The summed E-state index contributed by atoms with van der Waals surface area (Å²) in [7, 11) is 0. The van der Waals surface area contributed by atoms with Gasteiger partial charge in [0.2, 0.25) is 5.89 Å². The molecular formula is C19H21N3O. The van der Waals surface area contributed by atoms with Crippen molar-refractivity contribution in [1.82, 2.24) is 15.5 Å². The van der Waals surface area contributed by atoms with Gasteiger partial charge in [-0.25, -0.2) is 0 Å². The van der Waals surface area contributed by atoms with Crippen LogP contribution in [0.4, 0.5) is 0 Å². The second-order valence-electron chi connectivity index (χ2n) is 6.50. The molecule has 1 N–H and O–H groups in total. The van der Waals surface area contributed by atoms with Gasteiger partial charge in [0.05, 0.1) is 0 Å². The van der Waals surface area contributed by atoms with Crippen molar-refractivity contribution in [2.75, 3.05) is 0 Å². The summed E-state index contributed by atoms with van der Waals surface area (Å²) in [6, 6.07) is 15.9. The van der Waals surface area contributed by atoms with Gasteiger partial charge in [-0.15, -0.1) is 0 Å². The Morgan fingerprint density at radius 2 is 1.91 bits per heavy atom. The van der Waals surface area contributed by atoms with Crippen LogP contribution in [-0.4, -0.2) is 16.2 Å². The first-order chi connectivity index (χ1) is 11.2. The number of hydrogen-bond donors (Lipinski definition) is 1. The molecule has 0 aliphatic heterocycles. The van der Waals surface area contributed by atoms with Crippen molar-refractivity contribution in [3.63, 3.8) is 0 Å². The van der Waals surface area contributed by atoms with Crippen molar-refractivity contribution in [3.8, 4) is 0 Å². The maximum atomic E-state index is 5.27. The van der Waals surface area contributed by atoms with Crippen LogP contribution >= 0.6 is 0 Å². The highest BCUT2D eigenvalue weighted by atomic mass is 16.5. The summed E-state index contributed by atoms with van der Waals surface area (Å²) in [6.45, 7) is 4.11. The first-order valence-electron chi connectivity index (χ1n) is 8.24. The lowest BCUT2D eigenvalue weighted by Gasteiger charge is -2.36. The molecular weight excluding hydrogens is 286 g/mol. The van der Waals surface area contributed by atoms with E-state index in [1.807, 2.05) is 6.92 Å². The van der Waals surface area contributed by atoms with Crippen molar-refractivity contribution in [2.45, 2.75) is 44.7 Å². The van der Waals surface area contributed by atoms with Crippen LogP contribution in [0, 0.1) is 6.92 Å². The smallest absolute Gasteiger partial charge is 0.229 e. The predicted molar refractivity (Wildman–Crippen MR) is 90.3 cm³/mol. The lowest BCUT2D eigenvalue weighted by Crippen LogP contribution is -2.41. The summed E-state index contributed by atoms with van der Waals surface area (Å²) in [4.78, 5) is 4.34. The summed E-state index contributed by atoms with van der Waals surface area (Å²) in [5, 5.41) is 10.3. The molecule has 1 aliphatic carbocycles. The van der Waals surface area contributed by atoms with E-state index < -0.39 is 0 Å². The molecule has 23 heavy (non-hydrogen) atoms. The third-order valence-electron chi connectivity index (χ3n) is 4.81. The molecule has 4 rings (SSSR count). The molecule has 2 aromatic carbocycles. The highest BCUT2D eigenvalue weighted by Crippen LogP contribution is 2.37. The Balaban J connectivity index is 1.43. The minimum atomic E-state index is 0.330. The standard InChI is InChI=1S/C19H21N3O/c1-12(17-9-5-7-14-6-3-4-8-18(14)17)20-16-10-15(11-16)19-21-13(2)22-23-19/h3-9,12,15-16,20H,10-11H2,1-2H3/t12-,15?,16?/m1/s1. The monoisotopic (exact) mass is 307 g/mol. The van der Waals surface area contributed by atoms with E-state index in [0.717, 1.165) is 24.6 Å². The van der Waals surface area contributed by atoms with Crippen molar-refractivity contribution in [3.05, 3.63) is 59.7 Å².